The van der Waals surface area contributed by atoms with E-state index in [9.17, 15) is 9.59 Å². The van der Waals surface area contributed by atoms with Crippen molar-refractivity contribution in [3.05, 3.63) is 126 Å². The fourth-order valence-electron chi connectivity index (χ4n) is 3.63. The first-order chi connectivity index (χ1) is 17.7. The average molecular weight is 475 g/mol. The van der Waals surface area contributed by atoms with Crippen LogP contribution >= 0.6 is 0 Å². The lowest BCUT2D eigenvalue weighted by Gasteiger charge is -2.07. The Morgan fingerprint density at radius 3 is 2.28 bits per heavy atom. The van der Waals surface area contributed by atoms with Gasteiger partial charge in [0.1, 0.15) is 0 Å². The van der Waals surface area contributed by atoms with Gasteiger partial charge in [0, 0.05) is 23.0 Å². The minimum Gasteiger partial charge on any atom is -0.346 e. The molecule has 3 aromatic carbocycles. The number of aromatic nitrogens is 4. The maximum Gasteiger partial charge on any atom is 0.295 e. The lowest BCUT2D eigenvalue weighted by atomic mass is 10.2. The van der Waals surface area contributed by atoms with E-state index in [0.29, 0.717) is 23.6 Å². The number of rotatable bonds is 7. The number of amides is 2. The van der Waals surface area contributed by atoms with E-state index in [1.54, 1.807) is 35.1 Å². The van der Waals surface area contributed by atoms with Crippen molar-refractivity contribution < 1.29 is 9.59 Å². The number of anilines is 1. The highest BCUT2D eigenvalue weighted by molar-refractivity contribution is 6.03. The summed E-state index contributed by atoms with van der Waals surface area (Å²) >= 11 is 0. The Balaban J connectivity index is 1.35. The summed E-state index contributed by atoms with van der Waals surface area (Å²) in [6.07, 6.45) is 1.67. The largest absolute Gasteiger partial charge is 0.346 e. The van der Waals surface area contributed by atoms with E-state index in [0.717, 1.165) is 16.9 Å². The minimum atomic E-state index is -0.479. The Labute approximate surface area is 207 Å². The van der Waals surface area contributed by atoms with Gasteiger partial charge < -0.3 is 10.6 Å². The van der Waals surface area contributed by atoms with Crippen molar-refractivity contribution in [1.82, 2.24) is 25.1 Å². The van der Waals surface area contributed by atoms with Crippen LogP contribution in [0.3, 0.4) is 0 Å². The van der Waals surface area contributed by atoms with Crippen LogP contribution in [0.2, 0.25) is 0 Å². The van der Waals surface area contributed by atoms with Gasteiger partial charge in [-0.3, -0.25) is 14.6 Å². The Hall–Kier alpha value is -5.11. The van der Waals surface area contributed by atoms with Crippen molar-refractivity contribution in [3.63, 3.8) is 0 Å². The van der Waals surface area contributed by atoms with Crippen LogP contribution in [0.1, 0.15) is 26.7 Å². The lowest BCUT2D eigenvalue weighted by Crippen LogP contribution is -2.23. The van der Waals surface area contributed by atoms with Crippen molar-refractivity contribution >= 4 is 17.5 Å². The average Bonchev–Trinajstić information content (AvgIpc) is 3.39. The molecule has 2 aromatic heterocycles. The number of nitrogens with zero attached hydrogens (tertiary/aromatic N) is 4. The van der Waals surface area contributed by atoms with Crippen LogP contribution in [0.25, 0.3) is 17.1 Å². The summed E-state index contributed by atoms with van der Waals surface area (Å²) in [6.45, 7) is 0.305. The molecule has 0 unspecified atom stereocenters. The molecule has 2 heterocycles. The molecule has 0 spiro atoms. The Morgan fingerprint density at radius 1 is 0.778 bits per heavy atom. The van der Waals surface area contributed by atoms with E-state index in [1.807, 2.05) is 78.9 Å². The van der Waals surface area contributed by atoms with Gasteiger partial charge in [-0.05, 0) is 42.5 Å². The summed E-state index contributed by atoms with van der Waals surface area (Å²) < 4.78 is 1.64. The summed E-state index contributed by atoms with van der Waals surface area (Å²) in [5, 5.41) is 10.1. The van der Waals surface area contributed by atoms with Gasteiger partial charge >= 0.3 is 0 Å². The van der Waals surface area contributed by atoms with E-state index in [-0.39, 0.29) is 11.7 Å². The molecular weight excluding hydrogens is 452 g/mol. The zero-order chi connectivity index (χ0) is 24.7. The van der Waals surface area contributed by atoms with Gasteiger partial charge in [-0.1, -0.05) is 60.7 Å². The van der Waals surface area contributed by atoms with E-state index >= 15 is 0 Å². The van der Waals surface area contributed by atoms with Gasteiger partial charge in [0.05, 0.1) is 17.9 Å². The van der Waals surface area contributed by atoms with Gasteiger partial charge in [-0.2, -0.15) is 0 Å². The minimum absolute atomic E-state index is 0.0164. The van der Waals surface area contributed by atoms with Crippen LogP contribution in [0, 0.1) is 0 Å². The molecule has 0 aliphatic heterocycles. The third-order valence-electron chi connectivity index (χ3n) is 5.38. The van der Waals surface area contributed by atoms with E-state index in [1.165, 1.54) is 0 Å². The fraction of sp³-hybridized carbons (Fsp3) is 0.0357. The lowest BCUT2D eigenvalue weighted by molar-refractivity contribution is 0.0949. The second-order valence-electron chi connectivity index (χ2n) is 7.91. The number of pyridine rings is 1. The fourth-order valence-corrected chi connectivity index (χ4v) is 3.63. The second-order valence-corrected chi connectivity index (χ2v) is 7.91. The van der Waals surface area contributed by atoms with E-state index < -0.39 is 5.91 Å². The molecule has 5 rings (SSSR count). The summed E-state index contributed by atoms with van der Waals surface area (Å²) in [5.74, 6) is -0.181. The number of nitrogens with one attached hydrogen (secondary N) is 2. The van der Waals surface area contributed by atoms with E-state index in [2.05, 4.69) is 25.7 Å². The van der Waals surface area contributed by atoms with Gasteiger partial charge in [0.2, 0.25) is 5.82 Å². The van der Waals surface area contributed by atoms with Gasteiger partial charge in [0.25, 0.3) is 11.8 Å². The van der Waals surface area contributed by atoms with Crippen molar-refractivity contribution in [1.29, 1.82) is 0 Å². The molecule has 0 aliphatic carbocycles. The molecule has 0 radical (unpaired) electrons. The first-order valence-electron chi connectivity index (χ1n) is 11.3. The molecule has 0 saturated heterocycles. The summed E-state index contributed by atoms with van der Waals surface area (Å²) in [4.78, 5) is 34.4. The first-order valence-corrected chi connectivity index (χ1v) is 11.3. The molecule has 5 aromatic rings. The molecule has 2 amide bonds. The van der Waals surface area contributed by atoms with Crippen molar-refractivity contribution in [2.45, 2.75) is 6.54 Å². The molecule has 0 saturated carbocycles. The normalized spacial score (nSPS) is 10.6. The predicted molar refractivity (Wildman–Crippen MR) is 137 cm³/mol. The summed E-state index contributed by atoms with van der Waals surface area (Å²) in [6, 6.07) is 31.3. The molecule has 2 N–H and O–H groups in total. The molecule has 36 heavy (non-hydrogen) atoms. The third kappa shape index (κ3) is 5.18. The molecule has 0 bridgehead atoms. The third-order valence-corrected chi connectivity index (χ3v) is 5.38. The number of carbonyl (C=O) groups is 2. The van der Waals surface area contributed by atoms with Gasteiger partial charge in [-0.15, -0.1) is 5.10 Å². The highest BCUT2D eigenvalue weighted by atomic mass is 16.2. The Bertz CT molecular complexity index is 1430. The standard InChI is InChI=1S/C28H22N6O2/c35-27(30-19-23-13-7-8-17-29-23)21-12-9-14-22(18-21)31-28(36)25-32-26(20-10-3-1-4-11-20)34(33-25)24-15-5-2-6-16-24/h1-18H,19H2,(H,30,35)(H,31,36). The van der Waals surface area contributed by atoms with Crippen LogP contribution < -0.4 is 10.6 Å². The smallest absolute Gasteiger partial charge is 0.295 e. The quantitative estimate of drug-likeness (QED) is 0.361. The van der Waals surface area contributed by atoms with Crippen molar-refractivity contribution in [2.75, 3.05) is 5.32 Å². The topological polar surface area (TPSA) is 102 Å². The van der Waals surface area contributed by atoms with Crippen LogP contribution in [0.5, 0.6) is 0 Å². The molecule has 0 atom stereocenters. The van der Waals surface area contributed by atoms with Crippen LogP contribution in [0.15, 0.2) is 109 Å². The zero-order valence-corrected chi connectivity index (χ0v) is 19.2. The monoisotopic (exact) mass is 474 g/mol. The number of hydrogen-bond acceptors (Lipinski definition) is 5. The van der Waals surface area contributed by atoms with Gasteiger partial charge in [-0.25, -0.2) is 9.67 Å². The predicted octanol–water partition coefficient (Wildman–Crippen LogP) is 4.51. The molecular formula is C28H22N6O2. The second kappa shape index (κ2) is 10.4. The maximum atomic E-state index is 13.1. The number of benzene rings is 3. The van der Waals surface area contributed by atoms with Gasteiger partial charge in [0.15, 0.2) is 5.82 Å². The van der Waals surface area contributed by atoms with Crippen molar-refractivity contribution in [2.24, 2.45) is 0 Å². The van der Waals surface area contributed by atoms with Crippen LogP contribution in [-0.2, 0) is 6.54 Å². The number of para-hydroxylation sites is 1. The molecule has 0 aliphatic rings. The van der Waals surface area contributed by atoms with Crippen molar-refractivity contribution in [3.8, 4) is 17.1 Å². The SMILES string of the molecule is O=C(NCc1ccccn1)c1cccc(NC(=O)c2nc(-c3ccccc3)n(-c3ccccc3)n2)c1. The summed E-state index contributed by atoms with van der Waals surface area (Å²) in [7, 11) is 0. The highest BCUT2D eigenvalue weighted by Gasteiger charge is 2.19. The molecule has 8 heteroatoms. The molecule has 0 fully saturated rings. The Kier molecular flexibility index (Phi) is 6.57. The highest BCUT2D eigenvalue weighted by Crippen LogP contribution is 2.21. The zero-order valence-electron chi connectivity index (χ0n) is 19.2. The van der Waals surface area contributed by atoms with E-state index in [4.69, 9.17) is 0 Å². The Morgan fingerprint density at radius 2 is 1.53 bits per heavy atom. The molecule has 176 valence electrons. The number of hydrogen-bond donors (Lipinski definition) is 2. The summed E-state index contributed by atoms with van der Waals surface area (Å²) in [5.41, 5.74) is 3.25. The van der Waals surface area contributed by atoms with Crippen LogP contribution in [-0.4, -0.2) is 31.6 Å². The first kappa shape index (κ1) is 22.7. The molecule has 8 nitrogen and oxygen atoms in total. The maximum absolute atomic E-state index is 13.1. The number of carbonyl (C=O) groups excluding carboxylic acids is 2. The van der Waals surface area contributed by atoms with Crippen LogP contribution in [0.4, 0.5) is 5.69 Å².